The van der Waals surface area contributed by atoms with Crippen LogP contribution in [0.5, 0.6) is 5.75 Å². The molecule has 0 amide bonds. The Labute approximate surface area is 103 Å². The number of rotatable bonds is 5. The van der Waals surface area contributed by atoms with Crippen LogP contribution in [0.15, 0.2) is 18.2 Å². The van der Waals surface area contributed by atoms with E-state index >= 15 is 0 Å². The van der Waals surface area contributed by atoms with Crippen molar-refractivity contribution in [2.75, 3.05) is 13.2 Å². The van der Waals surface area contributed by atoms with Crippen molar-refractivity contribution in [3.63, 3.8) is 0 Å². The highest BCUT2D eigenvalue weighted by molar-refractivity contribution is 5.38. The van der Waals surface area contributed by atoms with E-state index in [1.165, 1.54) is 43.2 Å². The van der Waals surface area contributed by atoms with Crippen LogP contribution in [-0.2, 0) is 12.8 Å². The van der Waals surface area contributed by atoms with Gasteiger partial charge in [-0.2, -0.15) is 0 Å². The second kappa shape index (κ2) is 4.34. The van der Waals surface area contributed by atoms with E-state index in [4.69, 9.17) is 10.5 Å². The molecule has 0 spiro atoms. The van der Waals surface area contributed by atoms with E-state index in [2.05, 4.69) is 18.2 Å². The van der Waals surface area contributed by atoms with Crippen LogP contribution >= 0.6 is 0 Å². The van der Waals surface area contributed by atoms with Crippen molar-refractivity contribution in [2.45, 2.75) is 38.5 Å². The van der Waals surface area contributed by atoms with Crippen molar-refractivity contribution in [2.24, 2.45) is 11.1 Å². The van der Waals surface area contributed by atoms with Gasteiger partial charge in [-0.3, -0.25) is 0 Å². The first-order valence-corrected chi connectivity index (χ1v) is 6.76. The first-order chi connectivity index (χ1) is 8.31. The predicted molar refractivity (Wildman–Crippen MR) is 69.3 cm³/mol. The molecule has 2 heteroatoms. The van der Waals surface area contributed by atoms with Crippen molar-refractivity contribution >= 4 is 0 Å². The summed E-state index contributed by atoms with van der Waals surface area (Å²) in [6.07, 6.45) is 7.45. The average molecular weight is 231 g/mol. The van der Waals surface area contributed by atoms with E-state index in [0.29, 0.717) is 5.41 Å². The van der Waals surface area contributed by atoms with Gasteiger partial charge in [-0.25, -0.2) is 0 Å². The van der Waals surface area contributed by atoms with E-state index < -0.39 is 0 Å². The lowest BCUT2D eigenvalue weighted by Gasteiger charge is -2.15. The highest BCUT2D eigenvalue weighted by Gasteiger charge is 2.42. The second-order valence-electron chi connectivity index (χ2n) is 5.61. The molecule has 0 aliphatic heterocycles. The summed E-state index contributed by atoms with van der Waals surface area (Å²) in [6, 6.07) is 6.60. The number of hydrogen-bond acceptors (Lipinski definition) is 2. The van der Waals surface area contributed by atoms with E-state index in [9.17, 15) is 0 Å². The number of ether oxygens (including phenoxy) is 1. The molecule has 0 bridgehead atoms. The van der Waals surface area contributed by atoms with Crippen LogP contribution in [0.25, 0.3) is 0 Å². The van der Waals surface area contributed by atoms with E-state index in [1.54, 1.807) is 0 Å². The van der Waals surface area contributed by atoms with Crippen LogP contribution in [0, 0.1) is 5.41 Å². The molecule has 0 heterocycles. The molecule has 3 rings (SSSR count). The molecule has 2 aliphatic rings. The van der Waals surface area contributed by atoms with Gasteiger partial charge < -0.3 is 10.5 Å². The third kappa shape index (κ3) is 2.32. The smallest absolute Gasteiger partial charge is 0.119 e. The molecule has 0 unspecified atom stereocenters. The van der Waals surface area contributed by atoms with Crippen LogP contribution in [0.3, 0.4) is 0 Å². The standard InChI is InChI=1S/C15H21NO/c16-9-8-15(6-7-15)11-17-14-5-4-12-2-1-3-13(12)10-14/h4-5,10H,1-3,6-9,11,16H2. The number of hydrogen-bond donors (Lipinski definition) is 1. The van der Waals surface area contributed by atoms with Crippen LogP contribution in [-0.4, -0.2) is 13.2 Å². The molecule has 1 aromatic carbocycles. The Kier molecular flexibility index (Phi) is 2.83. The zero-order chi connectivity index (χ0) is 11.7. The first-order valence-electron chi connectivity index (χ1n) is 6.76. The van der Waals surface area contributed by atoms with E-state index in [0.717, 1.165) is 25.3 Å². The van der Waals surface area contributed by atoms with Crippen LogP contribution in [0.4, 0.5) is 0 Å². The summed E-state index contributed by atoms with van der Waals surface area (Å²) in [6.45, 7) is 1.64. The number of aryl methyl sites for hydroxylation is 2. The van der Waals surface area contributed by atoms with Crippen molar-refractivity contribution in [3.05, 3.63) is 29.3 Å². The monoisotopic (exact) mass is 231 g/mol. The zero-order valence-corrected chi connectivity index (χ0v) is 10.4. The Bertz CT molecular complexity index is 409. The molecule has 1 aromatic rings. The molecule has 2 nitrogen and oxygen atoms in total. The third-order valence-corrected chi connectivity index (χ3v) is 4.25. The van der Waals surface area contributed by atoms with Gasteiger partial charge in [0, 0.05) is 5.41 Å². The molecule has 2 aliphatic carbocycles. The van der Waals surface area contributed by atoms with Gasteiger partial charge in [0.1, 0.15) is 5.75 Å². The van der Waals surface area contributed by atoms with Gasteiger partial charge in [-0.1, -0.05) is 6.07 Å². The highest BCUT2D eigenvalue weighted by atomic mass is 16.5. The molecular formula is C15H21NO. The van der Waals surface area contributed by atoms with Gasteiger partial charge in [-0.05, 0) is 68.3 Å². The summed E-state index contributed by atoms with van der Waals surface area (Å²) in [4.78, 5) is 0. The predicted octanol–water partition coefficient (Wildman–Crippen LogP) is 2.68. The first kappa shape index (κ1) is 11.1. The Hall–Kier alpha value is -1.02. The maximum Gasteiger partial charge on any atom is 0.119 e. The van der Waals surface area contributed by atoms with E-state index in [1.807, 2.05) is 0 Å². The minimum atomic E-state index is 0.410. The minimum absolute atomic E-state index is 0.410. The van der Waals surface area contributed by atoms with Gasteiger partial charge >= 0.3 is 0 Å². The SMILES string of the molecule is NCCC1(COc2ccc3c(c2)CCC3)CC1. The topological polar surface area (TPSA) is 35.2 Å². The average Bonchev–Trinajstić information content (AvgIpc) is 2.95. The lowest BCUT2D eigenvalue weighted by atomic mass is 10.0. The van der Waals surface area contributed by atoms with Crippen molar-refractivity contribution < 1.29 is 4.74 Å². The summed E-state index contributed by atoms with van der Waals surface area (Å²) < 4.78 is 5.96. The minimum Gasteiger partial charge on any atom is -0.493 e. The number of benzene rings is 1. The van der Waals surface area contributed by atoms with Gasteiger partial charge in [0.2, 0.25) is 0 Å². The van der Waals surface area contributed by atoms with Gasteiger partial charge in [0.25, 0.3) is 0 Å². The van der Waals surface area contributed by atoms with Gasteiger partial charge in [0.05, 0.1) is 6.61 Å². The molecule has 2 N–H and O–H groups in total. The molecule has 0 radical (unpaired) electrons. The Morgan fingerprint density at radius 3 is 2.76 bits per heavy atom. The zero-order valence-electron chi connectivity index (χ0n) is 10.4. The summed E-state index contributed by atoms with van der Waals surface area (Å²) in [7, 11) is 0. The van der Waals surface area contributed by atoms with Gasteiger partial charge in [-0.15, -0.1) is 0 Å². The largest absolute Gasteiger partial charge is 0.493 e. The summed E-state index contributed by atoms with van der Waals surface area (Å²) in [5.74, 6) is 1.05. The van der Waals surface area contributed by atoms with Crippen LogP contribution in [0.2, 0.25) is 0 Å². The Morgan fingerprint density at radius 1 is 1.18 bits per heavy atom. The van der Waals surface area contributed by atoms with Crippen molar-refractivity contribution in [1.82, 2.24) is 0 Å². The van der Waals surface area contributed by atoms with Gasteiger partial charge in [0.15, 0.2) is 0 Å². The number of nitrogens with two attached hydrogens (primary N) is 1. The quantitative estimate of drug-likeness (QED) is 0.845. The molecule has 92 valence electrons. The fourth-order valence-electron chi connectivity index (χ4n) is 2.82. The van der Waals surface area contributed by atoms with Crippen LogP contribution < -0.4 is 10.5 Å². The van der Waals surface area contributed by atoms with Crippen molar-refractivity contribution in [3.8, 4) is 5.75 Å². The lowest BCUT2D eigenvalue weighted by Crippen LogP contribution is -2.17. The molecule has 1 saturated carbocycles. The normalized spacial score (nSPS) is 20.1. The number of fused-ring (bicyclic) bond motifs is 1. The maximum absolute atomic E-state index is 5.96. The summed E-state index contributed by atoms with van der Waals surface area (Å²) in [5, 5.41) is 0. The summed E-state index contributed by atoms with van der Waals surface area (Å²) >= 11 is 0. The Morgan fingerprint density at radius 2 is 2.00 bits per heavy atom. The fraction of sp³-hybridized carbons (Fsp3) is 0.600. The fourth-order valence-corrected chi connectivity index (χ4v) is 2.82. The van der Waals surface area contributed by atoms with Crippen LogP contribution in [0.1, 0.15) is 36.8 Å². The third-order valence-electron chi connectivity index (χ3n) is 4.25. The summed E-state index contributed by atoms with van der Waals surface area (Å²) in [5.41, 5.74) is 9.06. The molecule has 0 atom stereocenters. The Balaban J connectivity index is 1.62. The molecule has 1 fully saturated rings. The lowest BCUT2D eigenvalue weighted by molar-refractivity contribution is 0.227. The molecular weight excluding hydrogens is 210 g/mol. The van der Waals surface area contributed by atoms with E-state index in [-0.39, 0.29) is 0 Å². The van der Waals surface area contributed by atoms with Crippen molar-refractivity contribution in [1.29, 1.82) is 0 Å². The second-order valence-corrected chi connectivity index (χ2v) is 5.61. The molecule has 0 saturated heterocycles. The molecule has 0 aromatic heterocycles. The highest BCUT2D eigenvalue weighted by Crippen LogP contribution is 2.48. The molecule has 17 heavy (non-hydrogen) atoms. The maximum atomic E-state index is 5.96.